The molecule has 0 saturated heterocycles. The Balaban J connectivity index is 2.58. The summed E-state index contributed by atoms with van der Waals surface area (Å²) in [5.41, 5.74) is -1.01. The third-order valence-electron chi connectivity index (χ3n) is 3.04. The standard InChI is InChI=1S/C16H18BrClO6/c1-16(2,9-23-13(20)8-12(19)22-3)14(21)15(17)24-11-6-4-10(18)5-7-11/h4-7,15H,8-9H2,1-3H3. The van der Waals surface area contributed by atoms with Gasteiger partial charge in [0.2, 0.25) is 5.01 Å². The van der Waals surface area contributed by atoms with Gasteiger partial charge in [-0.25, -0.2) is 0 Å². The lowest BCUT2D eigenvalue weighted by Gasteiger charge is -2.25. The maximum atomic E-state index is 12.4. The third kappa shape index (κ3) is 6.49. The van der Waals surface area contributed by atoms with E-state index in [1.54, 1.807) is 38.1 Å². The number of ether oxygens (including phenoxy) is 3. The molecule has 0 radical (unpaired) electrons. The zero-order valence-corrected chi connectivity index (χ0v) is 15.8. The van der Waals surface area contributed by atoms with Gasteiger partial charge in [0.05, 0.1) is 12.5 Å². The molecule has 0 aliphatic heterocycles. The van der Waals surface area contributed by atoms with E-state index in [-0.39, 0.29) is 12.4 Å². The van der Waals surface area contributed by atoms with E-state index in [9.17, 15) is 14.4 Å². The second-order valence-corrected chi connectivity index (χ2v) is 6.82. The second-order valence-electron chi connectivity index (χ2n) is 5.55. The van der Waals surface area contributed by atoms with Crippen LogP contribution in [0.3, 0.4) is 0 Å². The van der Waals surface area contributed by atoms with Crippen molar-refractivity contribution in [3.8, 4) is 5.75 Å². The fourth-order valence-corrected chi connectivity index (χ4v) is 2.53. The van der Waals surface area contributed by atoms with Gasteiger partial charge in [0.25, 0.3) is 0 Å². The van der Waals surface area contributed by atoms with Crippen molar-refractivity contribution in [2.45, 2.75) is 25.3 Å². The Morgan fingerprint density at radius 3 is 2.29 bits per heavy atom. The highest BCUT2D eigenvalue weighted by Crippen LogP contribution is 2.25. The number of hydrogen-bond donors (Lipinski definition) is 0. The Bertz CT molecular complexity index is 599. The molecule has 1 aromatic carbocycles. The molecule has 132 valence electrons. The van der Waals surface area contributed by atoms with E-state index < -0.39 is 28.8 Å². The number of methoxy groups -OCH3 is 1. The van der Waals surface area contributed by atoms with E-state index in [1.165, 1.54) is 7.11 Å². The molecule has 0 aliphatic carbocycles. The van der Waals surface area contributed by atoms with Gasteiger partial charge in [-0.15, -0.1) is 0 Å². The van der Waals surface area contributed by atoms with Crippen molar-refractivity contribution >= 4 is 45.3 Å². The maximum Gasteiger partial charge on any atom is 0.317 e. The summed E-state index contributed by atoms with van der Waals surface area (Å²) in [5, 5.41) is -0.370. The minimum absolute atomic E-state index is 0.187. The number of carbonyl (C=O) groups excluding carboxylic acids is 3. The van der Waals surface area contributed by atoms with Crippen LogP contribution in [0.15, 0.2) is 24.3 Å². The van der Waals surface area contributed by atoms with Crippen LogP contribution in [0.25, 0.3) is 0 Å². The highest BCUT2D eigenvalue weighted by molar-refractivity contribution is 9.09. The van der Waals surface area contributed by atoms with Gasteiger partial charge >= 0.3 is 11.9 Å². The smallest absolute Gasteiger partial charge is 0.317 e. The SMILES string of the molecule is COC(=O)CC(=O)OCC(C)(C)C(=O)C(Br)Oc1ccc(Cl)cc1. The average molecular weight is 422 g/mol. The fraction of sp³-hybridized carbons (Fsp3) is 0.438. The van der Waals surface area contributed by atoms with E-state index in [1.807, 2.05) is 0 Å². The number of Topliss-reactive ketones (excluding diaryl/α,β-unsaturated/α-hetero) is 1. The number of rotatable bonds is 8. The van der Waals surface area contributed by atoms with E-state index in [4.69, 9.17) is 21.1 Å². The van der Waals surface area contributed by atoms with Crippen LogP contribution in [-0.2, 0) is 23.9 Å². The largest absolute Gasteiger partial charge is 0.471 e. The first-order valence-corrected chi connectivity index (χ1v) is 8.28. The molecule has 0 N–H and O–H groups in total. The molecule has 6 nitrogen and oxygen atoms in total. The summed E-state index contributed by atoms with van der Waals surface area (Å²) in [4.78, 5) is 34.9. The van der Waals surface area contributed by atoms with Crippen molar-refractivity contribution in [1.29, 1.82) is 0 Å². The normalized spacial score (nSPS) is 12.2. The fourth-order valence-electron chi connectivity index (χ4n) is 1.57. The first kappa shape index (κ1) is 20.4. The minimum Gasteiger partial charge on any atom is -0.471 e. The summed E-state index contributed by atoms with van der Waals surface area (Å²) < 4.78 is 14.8. The summed E-state index contributed by atoms with van der Waals surface area (Å²) in [5.74, 6) is -1.31. The zero-order valence-electron chi connectivity index (χ0n) is 13.5. The van der Waals surface area contributed by atoms with Crippen molar-refractivity contribution < 1.29 is 28.6 Å². The minimum atomic E-state index is -1.01. The average Bonchev–Trinajstić information content (AvgIpc) is 2.54. The van der Waals surface area contributed by atoms with Gasteiger partial charge in [0.15, 0.2) is 5.78 Å². The van der Waals surface area contributed by atoms with Crippen molar-refractivity contribution in [2.75, 3.05) is 13.7 Å². The first-order chi connectivity index (χ1) is 11.2. The number of esters is 2. The molecular weight excluding hydrogens is 404 g/mol. The van der Waals surface area contributed by atoms with Crippen LogP contribution in [0.5, 0.6) is 5.75 Å². The van der Waals surface area contributed by atoms with Gasteiger partial charge in [0, 0.05) is 5.02 Å². The monoisotopic (exact) mass is 420 g/mol. The van der Waals surface area contributed by atoms with Crippen LogP contribution in [0.4, 0.5) is 0 Å². The molecule has 0 aromatic heterocycles. The quantitative estimate of drug-likeness (QED) is 0.364. The Hall–Kier alpha value is -1.60. The van der Waals surface area contributed by atoms with Crippen LogP contribution < -0.4 is 4.74 Å². The number of benzene rings is 1. The van der Waals surface area contributed by atoms with E-state index in [0.29, 0.717) is 10.8 Å². The van der Waals surface area contributed by atoms with Gasteiger partial charge in [-0.3, -0.25) is 14.4 Å². The Kier molecular flexibility index (Phi) is 7.69. The predicted molar refractivity (Wildman–Crippen MR) is 91.2 cm³/mol. The lowest BCUT2D eigenvalue weighted by atomic mass is 9.89. The molecular formula is C16H18BrClO6. The highest BCUT2D eigenvalue weighted by atomic mass is 79.9. The molecule has 1 atom stereocenters. The molecule has 8 heteroatoms. The third-order valence-corrected chi connectivity index (χ3v) is 3.89. The molecule has 1 aromatic rings. The lowest BCUT2D eigenvalue weighted by molar-refractivity contribution is -0.156. The van der Waals surface area contributed by atoms with Crippen LogP contribution in [0.2, 0.25) is 5.02 Å². The lowest BCUT2D eigenvalue weighted by Crippen LogP contribution is -2.38. The summed E-state index contributed by atoms with van der Waals surface area (Å²) >= 11 is 8.96. The summed E-state index contributed by atoms with van der Waals surface area (Å²) in [7, 11) is 1.17. The molecule has 0 fully saturated rings. The van der Waals surface area contributed by atoms with E-state index in [0.717, 1.165) is 0 Å². The van der Waals surface area contributed by atoms with Crippen molar-refractivity contribution in [3.63, 3.8) is 0 Å². The molecule has 1 rings (SSSR count). The molecule has 0 amide bonds. The van der Waals surface area contributed by atoms with Gasteiger partial charge < -0.3 is 14.2 Å². The van der Waals surface area contributed by atoms with Crippen LogP contribution in [0.1, 0.15) is 20.3 Å². The Morgan fingerprint density at radius 2 is 1.75 bits per heavy atom. The van der Waals surface area contributed by atoms with Crippen LogP contribution in [0, 0.1) is 5.41 Å². The summed E-state index contributed by atoms with van der Waals surface area (Å²) in [6.45, 7) is 3.04. The summed E-state index contributed by atoms with van der Waals surface area (Å²) in [6, 6.07) is 6.54. The molecule has 0 saturated carbocycles. The number of ketones is 1. The van der Waals surface area contributed by atoms with Crippen molar-refractivity contribution in [3.05, 3.63) is 29.3 Å². The molecule has 0 heterocycles. The molecule has 0 aliphatic rings. The molecule has 24 heavy (non-hydrogen) atoms. The predicted octanol–water partition coefficient (Wildman–Crippen LogP) is 3.14. The maximum absolute atomic E-state index is 12.4. The van der Waals surface area contributed by atoms with Gasteiger partial charge in [-0.05, 0) is 54.0 Å². The van der Waals surface area contributed by atoms with Gasteiger partial charge in [0.1, 0.15) is 18.8 Å². The number of hydrogen-bond acceptors (Lipinski definition) is 6. The zero-order chi connectivity index (χ0) is 18.3. The van der Waals surface area contributed by atoms with Gasteiger partial charge in [-0.1, -0.05) is 11.6 Å². The number of carbonyl (C=O) groups is 3. The van der Waals surface area contributed by atoms with Crippen molar-refractivity contribution in [2.24, 2.45) is 5.41 Å². The van der Waals surface area contributed by atoms with Crippen LogP contribution >= 0.6 is 27.5 Å². The van der Waals surface area contributed by atoms with Crippen molar-refractivity contribution in [1.82, 2.24) is 0 Å². The summed E-state index contributed by atoms with van der Waals surface area (Å²) in [6.07, 6.45) is -0.500. The Labute approximate surface area is 153 Å². The van der Waals surface area contributed by atoms with E-state index >= 15 is 0 Å². The molecule has 0 spiro atoms. The van der Waals surface area contributed by atoms with Gasteiger partial charge in [-0.2, -0.15) is 0 Å². The second kappa shape index (κ2) is 9.03. The topological polar surface area (TPSA) is 78.9 Å². The van der Waals surface area contributed by atoms with Crippen LogP contribution in [-0.4, -0.2) is 36.5 Å². The Morgan fingerprint density at radius 1 is 1.17 bits per heavy atom. The molecule has 1 unspecified atom stereocenters. The van der Waals surface area contributed by atoms with E-state index in [2.05, 4.69) is 20.7 Å². The number of alkyl halides is 1. The molecule has 0 bridgehead atoms. The first-order valence-electron chi connectivity index (χ1n) is 6.99. The number of halogens is 2. The highest BCUT2D eigenvalue weighted by Gasteiger charge is 2.35.